The molecule has 1 saturated heterocycles. The van der Waals surface area contributed by atoms with Gasteiger partial charge >= 0.3 is 0 Å². The zero-order valence-electron chi connectivity index (χ0n) is 8.44. The average molecular weight is 206 g/mol. The molecule has 0 unspecified atom stereocenters. The van der Waals surface area contributed by atoms with E-state index in [9.17, 15) is 4.79 Å². The summed E-state index contributed by atoms with van der Waals surface area (Å²) in [5.74, 6) is 0.121. The summed E-state index contributed by atoms with van der Waals surface area (Å²) in [5.41, 5.74) is 0.660. The molecule has 1 atom stereocenters. The molecule has 5 nitrogen and oxygen atoms in total. The van der Waals surface area contributed by atoms with E-state index in [1.165, 1.54) is 6.33 Å². The third kappa shape index (κ3) is 2.73. The molecule has 15 heavy (non-hydrogen) atoms. The van der Waals surface area contributed by atoms with Gasteiger partial charge in [-0.2, -0.15) is 0 Å². The zero-order chi connectivity index (χ0) is 10.5. The number of piperidine rings is 1. The maximum absolute atomic E-state index is 11.8. The lowest BCUT2D eigenvalue weighted by Crippen LogP contribution is -2.37. The second-order valence-electron chi connectivity index (χ2n) is 3.66. The van der Waals surface area contributed by atoms with E-state index < -0.39 is 0 Å². The molecule has 1 fully saturated rings. The van der Waals surface area contributed by atoms with Gasteiger partial charge in [0.2, 0.25) is 5.91 Å². The Morgan fingerprint density at radius 2 is 2.27 bits per heavy atom. The Morgan fingerprint density at radius 3 is 2.93 bits per heavy atom. The number of hydrogen-bond acceptors (Lipinski definition) is 4. The van der Waals surface area contributed by atoms with Crippen molar-refractivity contribution < 1.29 is 4.79 Å². The third-order valence-corrected chi connectivity index (χ3v) is 2.50. The van der Waals surface area contributed by atoms with Crippen molar-refractivity contribution in [2.75, 3.05) is 18.4 Å². The normalized spacial score (nSPS) is 20.9. The van der Waals surface area contributed by atoms with Gasteiger partial charge in [0.05, 0.1) is 24.0 Å². The van der Waals surface area contributed by atoms with Gasteiger partial charge in [0.15, 0.2) is 0 Å². The van der Waals surface area contributed by atoms with Crippen LogP contribution in [-0.4, -0.2) is 29.0 Å². The SMILES string of the molecule is O=C(Nc1cncnc1)[C@H]1CCCNC1. The van der Waals surface area contributed by atoms with E-state index in [1.54, 1.807) is 12.4 Å². The van der Waals surface area contributed by atoms with Gasteiger partial charge in [-0.05, 0) is 19.4 Å². The number of amides is 1. The predicted molar refractivity (Wildman–Crippen MR) is 56.3 cm³/mol. The lowest BCUT2D eigenvalue weighted by atomic mass is 9.99. The van der Waals surface area contributed by atoms with Crippen molar-refractivity contribution in [1.29, 1.82) is 0 Å². The molecular formula is C10H14N4O. The number of nitrogens with zero attached hydrogens (tertiary/aromatic N) is 2. The van der Waals surface area contributed by atoms with Gasteiger partial charge in [0, 0.05) is 6.54 Å². The van der Waals surface area contributed by atoms with Gasteiger partial charge in [-0.1, -0.05) is 0 Å². The fraction of sp³-hybridized carbons (Fsp3) is 0.500. The van der Waals surface area contributed by atoms with Crippen molar-refractivity contribution >= 4 is 11.6 Å². The topological polar surface area (TPSA) is 66.9 Å². The summed E-state index contributed by atoms with van der Waals surface area (Å²) in [6.45, 7) is 1.78. The summed E-state index contributed by atoms with van der Waals surface area (Å²) in [5, 5.41) is 6.02. The van der Waals surface area contributed by atoms with E-state index in [4.69, 9.17) is 0 Å². The van der Waals surface area contributed by atoms with Crippen LogP contribution in [0.15, 0.2) is 18.7 Å². The van der Waals surface area contributed by atoms with Crippen LogP contribution >= 0.6 is 0 Å². The fourth-order valence-corrected chi connectivity index (χ4v) is 1.68. The molecule has 1 aromatic rings. The van der Waals surface area contributed by atoms with Gasteiger partial charge < -0.3 is 10.6 Å². The van der Waals surface area contributed by atoms with Crippen LogP contribution in [0, 0.1) is 5.92 Å². The molecular weight excluding hydrogens is 192 g/mol. The molecule has 2 rings (SSSR count). The predicted octanol–water partition coefficient (Wildman–Crippen LogP) is 0.415. The highest BCUT2D eigenvalue weighted by Gasteiger charge is 2.20. The van der Waals surface area contributed by atoms with Crippen LogP contribution in [0.4, 0.5) is 5.69 Å². The zero-order valence-corrected chi connectivity index (χ0v) is 8.44. The monoisotopic (exact) mass is 206 g/mol. The Morgan fingerprint density at radius 1 is 1.47 bits per heavy atom. The van der Waals surface area contributed by atoms with Gasteiger partial charge in [0.1, 0.15) is 6.33 Å². The highest BCUT2D eigenvalue weighted by molar-refractivity contribution is 5.92. The number of hydrogen-bond donors (Lipinski definition) is 2. The molecule has 0 aliphatic carbocycles. The van der Waals surface area contributed by atoms with Gasteiger partial charge in [-0.15, -0.1) is 0 Å². The summed E-state index contributed by atoms with van der Waals surface area (Å²) in [7, 11) is 0. The van der Waals surface area contributed by atoms with Crippen LogP contribution in [0.2, 0.25) is 0 Å². The molecule has 0 aromatic carbocycles. The average Bonchev–Trinajstić information content (AvgIpc) is 2.31. The molecule has 1 amide bonds. The number of rotatable bonds is 2. The maximum atomic E-state index is 11.8. The molecule has 0 spiro atoms. The van der Waals surface area contributed by atoms with E-state index in [-0.39, 0.29) is 11.8 Å². The van der Waals surface area contributed by atoms with E-state index in [0.29, 0.717) is 5.69 Å². The van der Waals surface area contributed by atoms with Crippen molar-refractivity contribution in [2.24, 2.45) is 5.92 Å². The first-order valence-corrected chi connectivity index (χ1v) is 5.13. The molecule has 1 aliphatic rings. The van der Waals surface area contributed by atoms with Crippen LogP contribution in [0.25, 0.3) is 0 Å². The smallest absolute Gasteiger partial charge is 0.228 e. The summed E-state index contributed by atoms with van der Waals surface area (Å²) in [6.07, 6.45) is 6.65. The van der Waals surface area contributed by atoms with E-state index in [1.807, 2.05) is 0 Å². The number of carbonyl (C=O) groups is 1. The van der Waals surface area contributed by atoms with Crippen molar-refractivity contribution in [3.63, 3.8) is 0 Å². The fourth-order valence-electron chi connectivity index (χ4n) is 1.68. The van der Waals surface area contributed by atoms with Crippen LogP contribution in [0.1, 0.15) is 12.8 Å². The first-order valence-electron chi connectivity index (χ1n) is 5.13. The quantitative estimate of drug-likeness (QED) is 0.735. The first-order chi connectivity index (χ1) is 7.36. The number of aromatic nitrogens is 2. The van der Waals surface area contributed by atoms with Gasteiger partial charge in [-0.3, -0.25) is 4.79 Å². The Bertz CT molecular complexity index is 321. The number of carbonyl (C=O) groups excluding carboxylic acids is 1. The van der Waals surface area contributed by atoms with Crippen LogP contribution < -0.4 is 10.6 Å². The summed E-state index contributed by atoms with van der Waals surface area (Å²) >= 11 is 0. The van der Waals surface area contributed by atoms with E-state index >= 15 is 0 Å². The summed E-state index contributed by atoms with van der Waals surface area (Å²) < 4.78 is 0. The molecule has 2 heterocycles. The molecule has 1 aliphatic heterocycles. The van der Waals surface area contributed by atoms with Crippen molar-refractivity contribution in [3.05, 3.63) is 18.7 Å². The Hall–Kier alpha value is -1.49. The molecule has 0 radical (unpaired) electrons. The van der Waals surface area contributed by atoms with E-state index in [2.05, 4.69) is 20.6 Å². The van der Waals surface area contributed by atoms with Gasteiger partial charge in [-0.25, -0.2) is 9.97 Å². The Labute approximate surface area is 88.3 Å². The largest absolute Gasteiger partial charge is 0.323 e. The number of anilines is 1. The lowest BCUT2D eigenvalue weighted by Gasteiger charge is -2.21. The first kappa shape index (κ1) is 10.0. The third-order valence-electron chi connectivity index (χ3n) is 2.50. The molecule has 1 aromatic heterocycles. The van der Waals surface area contributed by atoms with Crippen molar-refractivity contribution in [1.82, 2.24) is 15.3 Å². The Balaban J connectivity index is 1.91. The molecule has 0 bridgehead atoms. The second kappa shape index (κ2) is 4.84. The highest BCUT2D eigenvalue weighted by Crippen LogP contribution is 2.12. The van der Waals surface area contributed by atoms with Crippen LogP contribution in [0.3, 0.4) is 0 Å². The summed E-state index contributed by atoms with van der Waals surface area (Å²) in [4.78, 5) is 19.4. The minimum atomic E-state index is 0.0528. The van der Waals surface area contributed by atoms with Crippen molar-refractivity contribution in [2.45, 2.75) is 12.8 Å². The highest BCUT2D eigenvalue weighted by atomic mass is 16.1. The standard InChI is InChI=1S/C10H14N4O/c15-10(8-2-1-3-11-4-8)14-9-5-12-7-13-6-9/h5-8,11H,1-4H2,(H,14,15)/t8-/m0/s1. The molecule has 80 valence electrons. The molecule has 0 saturated carbocycles. The molecule has 5 heteroatoms. The van der Waals surface area contributed by atoms with Crippen LogP contribution in [0.5, 0.6) is 0 Å². The van der Waals surface area contributed by atoms with E-state index in [0.717, 1.165) is 25.9 Å². The van der Waals surface area contributed by atoms with Crippen LogP contribution in [-0.2, 0) is 4.79 Å². The Kier molecular flexibility index (Phi) is 3.24. The molecule has 2 N–H and O–H groups in total. The second-order valence-corrected chi connectivity index (χ2v) is 3.66. The summed E-state index contributed by atoms with van der Waals surface area (Å²) in [6, 6.07) is 0. The maximum Gasteiger partial charge on any atom is 0.228 e. The number of nitrogens with one attached hydrogen (secondary N) is 2. The van der Waals surface area contributed by atoms with Crippen molar-refractivity contribution in [3.8, 4) is 0 Å². The minimum absolute atomic E-state index is 0.0528. The van der Waals surface area contributed by atoms with Gasteiger partial charge in [0.25, 0.3) is 0 Å². The lowest BCUT2D eigenvalue weighted by molar-refractivity contribution is -0.120. The minimum Gasteiger partial charge on any atom is -0.323 e.